The summed E-state index contributed by atoms with van der Waals surface area (Å²) < 4.78 is 16.8. The fraction of sp³-hybridized carbons (Fsp3) is 0. The molecule has 0 atom stereocenters. The number of aromatic hydroxyl groups is 1. The second-order valence-corrected chi connectivity index (χ2v) is 7.28. The summed E-state index contributed by atoms with van der Waals surface area (Å²) in [5.74, 6) is 0.671. The molecule has 3 rings (SSSR count). The maximum Gasteiger partial charge on any atom is 0.427 e. The van der Waals surface area contributed by atoms with Crippen molar-refractivity contribution in [3.05, 3.63) is 58.6 Å². The lowest BCUT2D eigenvalue weighted by Crippen LogP contribution is -1.96. The Hall–Kier alpha value is -1.95. The van der Waals surface area contributed by atoms with Crippen LogP contribution < -0.4 is 9.82 Å². The summed E-state index contributed by atoms with van der Waals surface area (Å²) in [4.78, 5) is 17.9. The zero-order valence-corrected chi connectivity index (χ0v) is 14.9. The van der Waals surface area contributed by atoms with E-state index in [4.69, 9.17) is 37.7 Å². The fourth-order valence-corrected chi connectivity index (χ4v) is 3.37. The van der Waals surface area contributed by atoms with Crippen LogP contribution >= 0.6 is 30.9 Å². The van der Waals surface area contributed by atoms with E-state index >= 15 is 0 Å². The molecule has 0 aliphatic carbocycles. The third kappa shape index (κ3) is 4.00. The molecule has 0 saturated heterocycles. The zero-order valence-electron chi connectivity index (χ0n) is 12.5. The SMILES string of the molecule is O=P(O)(O)Nc1cc(Cl)c(Oc2ccc(O)c3ccccc23)c(Cl)c1. The van der Waals surface area contributed by atoms with Gasteiger partial charge in [0.2, 0.25) is 0 Å². The molecule has 0 radical (unpaired) electrons. The van der Waals surface area contributed by atoms with Crippen molar-refractivity contribution < 1.29 is 24.2 Å². The van der Waals surface area contributed by atoms with Crippen LogP contribution in [0, 0.1) is 0 Å². The van der Waals surface area contributed by atoms with Gasteiger partial charge in [-0.1, -0.05) is 47.5 Å². The van der Waals surface area contributed by atoms with E-state index in [9.17, 15) is 9.67 Å². The first-order chi connectivity index (χ1) is 11.7. The highest BCUT2D eigenvalue weighted by molar-refractivity contribution is 7.53. The quantitative estimate of drug-likeness (QED) is 0.452. The van der Waals surface area contributed by atoms with Gasteiger partial charge in [0.05, 0.1) is 10.0 Å². The zero-order chi connectivity index (χ0) is 18.2. The number of halogens is 2. The predicted molar refractivity (Wildman–Crippen MR) is 97.8 cm³/mol. The third-order valence-corrected chi connectivity index (χ3v) is 4.46. The Morgan fingerprint density at radius 1 is 0.960 bits per heavy atom. The van der Waals surface area contributed by atoms with Crippen LogP contribution in [-0.4, -0.2) is 14.9 Å². The Labute approximate surface area is 152 Å². The summed E-state index contributed by atoms with van der Waals surface area (Å²) in [7, 11) is -4.48. The van der Waals surface area contributed by atoms with Crippen molar-refractivity contribution in [2.45, 2.75) is 0 Å². The second kappa shape index (κ2) is 6.75. The van der Waals surface area contributed by atoms with Crippen molar-refractivity contribution in [3.63, 3.8) is 0 Å². The van der Waals surface area contributed by atoms with Crippen molar-refractivity contribution in [1.82, 2.24) is 0 Å². The van der Waals surface area contributed by atoms with Gasteiger partial charge >= 0.3 is 7.75 Å². The molecule has 9 heteroatoms. The van der Waals surface area contributed by atoms with Crippen LogP contribution in [0.2, 0.25) is 10.0 Å². The monoisotopic (exact) mass is 399 g/mol. The van der Waals surface area contributed by atoms with Gasteiger partial charge < -0.3 is 19.6 Å². The fourth-order valence-electron chi connectivity index (χ4n) is 2.34. The predicted octanol–water partition coefficient (Wildman–Crippen LogP) is 5.15. The highest BCUT2D eigenvalue weighted by Gasteiger charge is 2.17. The lowest BCUT2D eigenvalue weighted by molar-refractivity contribution is 0.380. The van der Waals surface area contributed by atoms with E-state index in [0.717, 1.165) is 0 Å². The molecule has 3 aromatic carbocycles. The van der Waals surface area contributed by atoms with Gasteiger partial charge in [0.1, 0.15) is 11.5 Å². The Bertz CT molecular complexity index is 982. The second-order valence-electron chi connectivity index (χ2n) is 5.16. The van der Waals surface area contributed by atoms with Crippen LogP contribution in [0.5, 0.6) is 17.2 Å². The van der Waals surface area contributed by atoms with E-state index in [0.29, 0.717) is 16.5 Å². The van der Waals surface area contributed by atoms with Crippen molar-refractivity contribution in [1.29, 1.82) is 0 Å². The summed E-state index contributed by atoms with van der Waals surface area (Å²) in [6.45, 7) is 0. The topological polar surface area (TPSA) is 99.0 Å². The normalized spacial score (nSPS) is 11.5. The molecule has 0 fully saturated rings. The summed E-state index contributed by atoms with van der Waals surface area (Å²) in [6, 6.07) is 12.8. The highest BCUT2D eigenvalue weighted by atomic mass is 35.5. The van der Waals surface area contributed by atoms with Crippen LogP contribution in [0.1, 0.15) is 0 Å². The van der Waals surface area contributed by atoms with Crippen LogP contribution in [-0.2, 0) is 4.57 Å². The van der Waals surface area contributed by atoms with Gasteiger partial charge in [0.25, 0.3) is 0 Å². The largest absolute Gasteiger partial charge is 0.507 e. The van der Waals surface area contributed by atoms with Gasteiger partial charge in [-0.25, -0.2) is 4.57 Å². The molecule has 0 saturated carbocycles. The Morgan fingerprint density at radius 3 is 2.16 bits per heavy atom. The average molecular weight is 400 g/mol. The lowest BCUT2D eigenvalue weighted by Gasteiger charge is -2.14. The molecule has 6 nitrogen and oxygen atoms in total. The molecule has 0 aliphatic rings. The van der Waals surface area contributed by atoms with Crippen molar-refractivity contribution in [2.75, 3.05) is 5.09 Å². The van der Waals surface area contributed by atoms with Gasteiger partial charge in [-0.3, -0.25) is 5.09 Å². The van der Waals surface area contributed by atoms with Crippen LogP contribution in [0.3, 0.4) is 0 Å². The molecule has 0 amide bonds. The number of ether oxygens (including phenoxy) is 1. The minimum atomic E-state index is -4.48. The summed E-state index contributed by atoms with van der Waals surface area (Å²) in [6.07, 6.45) is 0. The molecular weight excluding hydrogens is 388 g/mol. The summed E-state index contributed by atoms with van der Waals surface area (Å²) >= 11 is 12.3. The molecular formula is C16H12Cl2NO5P. The Balaban J connectivity index is 2.02. The molecule has 3 aromatic rings. The maximum atomic E-state index is 11.0. The van der Waals surface area contributed by atoms with Crippen molar-refractivity contribution in [3.8, 4) is 17.2 Å². The number of phenols is 1. The number of rotatable bonds is 4. The van der Waals surface area contributed by atoms with Crippen LogP contribution in [0.15, 0.2) is 48.5 Å². The number of phenolic OH excluding ortho intramolecular Hbond substituents is 1. The molecule has 0 bridgehead atoms. The van der Waals surface area contributed by atoms with E-state index in [1.807, 2.05) is 5.09 Å². The molecule has 0 spiro atoms. The molecule has 0 heterocycles. The lowest BCUT2D eigenvalue weighted by atomic mass is 10.1. The maximum absolute atomic E-state index is 11.0. The first-order valence-electron chi connectivity index (χ1n) is 6.96. The number of anilines is 1. The number of hydrogen-bond donors (Lipinski definition) is 4. The van der Waals surface area contributed by atoms with Crippen molar-refractivity contribution >= 4 is 47.4 Å². The standard InChI is InChI=1S/C16H12Cl2NO5P/c17-12-7-9(19-25(21,22)23)8-13(18)16(12)24-15-6-5-14(20)10-3-1-2-4-11(10)15/h1-8,20H,(H3,19,21,22,23). The van der Waals surface area contributed by atoms with Gasteiger partial charge in [0.15, 0.2) is 5.75 Å². The van der Waals surface area contributed by atoms with Crippen molar-refractivity contribution in [2.24, 2.45) is 0 Å². The third-order valence-electron chi connectivity index (χ3n) is 3.35. The van der Waals surface area contributed by atoms with E-state index in [-0.39, 0.29) is 27.2 Å². The minimum absolute atomic E-state index is 0.0613. The molecule has 0 unspecified atom stereocenters. The minimum Gasteiger partial charge on any atom is -0.507 e. The molecule has 130 valence electrons. The van der Waals surface area contributed by atoms with E-state index in [1.54, 1.807) is 30.3 Å². The Morgan fingerprint density at radius 2 is 1.56 bits per heavy atom. The molecule has 0 aliphatic heterocycles. The number of fused-ring (bicyclic) bond motifs is 1. The Kier molecular flexibility index (Phi) is 4.82. The van der Waals surface area contributed by atoms with Gasteiger partial charge in [0, 0.05) is 16.5 Å². The van der Waals surface area contributed by atoms with E-state index < -0.39 is 7.75 Å². The van der Waals surface area contributed by atoms with Gasteiger partial charge in [-0.15, -0.1) is 0 Å². The first-order valence-corrected chi connectivity index (χ1v) is 9.33. The van der Waals surface area contributed by atoms with Gasteiger partial charge in [-0.05, 0) is 24.3 Å². The van der Waals surface area contributed by atoms with Crippen LogP contribution in [0.25, 0.3) is 10.8 Å². The molecule has 4 N–H and O–H groups in total. The van der Waals surface area contributed by atoms with Gasteiger partial charge in [-0.2, -0.15) is 0 Å². The molecule has 25 heavy (non-hydrogen) atoms. The summed E-state index contributed by atoms with van der Waals surface area (Å²) in [5.41, 5.74) is 0.0613. The smallest absolute Gasteiger partial charge is 0.427 e. The number of nitrogens with one attached hydrogen (secondary N) is 1. The molecule has 0 aromatic heterocycles. The van der Waals surface area contributed by atoms with E-state index in [1.165, 1.54) is 18.2 Å². The number of benzene rings is 3. The van der Waals surface area contributed by atoms with Crippen LogP contribution in [0.4, 0.5) is 5.69 Å². The number of hydrogen-bond acceptors (Lipinski definition) is 3. The average Bonchev–Trinajstić information content (AvgIpc) is 2.51. The summed E-state index contributed by atoms with van der Waals surface area (Å²) in [5, 5.41) is 13.3. The first kappa shape index (κ1) is 17.9. The highest BCUT2D eigenvalue weighted by Crippen LogP contribution is 2.44. The van der Waals surface area contributed by atoms with E-state index in [2.05, 4.69) is 0 Å².